The van der Waals surface area contributed by atoms with Crippen LogP contribution >= 0.6 is 11.3 Å². The van der Waals surface area contributed by atoms with E-state index >= 15 is 0 Å². The number of carbonyl (C=O) groups is 2. The topological polar surface area (TPSA) is 55.4 Å². The summed E-state index contributed by atoms with van der Waals surface area (Å²) in [4.78, 5) is 24.1. The Morgan fingerprint density at radius 2 is 1.24 bits per heavy atom. The number of alkyl halides is 16. The van der Waals surface area contributed by atoms with Crippen molar-refractivity contribution in [2.45, 2.75) is 54.8 Å². The van der Waals surface area contributed by atoms with Crippen LogP contribution in [-0.4, -0.2) is 66.4 Å². The highest BCUT2D eigenvalue weighted by Crippen LogP contribution is 2.62. The summed E-state index contributed by atoms with van der Waals surface area (Å²) in [5.41, 5.74) is -0.850. The molecule has 0 atom stereocenters. The first-order valence-electron chi connectivity index (χ1n) is 10.2. The fourth-order valence-corrected chi connectivity index (χ4v) is 4.08. The van der Waals surface area contributed by atoms with Crippen molar-refractivity contribution in [3.05, 3.63) is 29.8 Å². The van der Waals surface area contributed by atoms with E-state index in [1.807, 2.05) is 0 Å². The van der Waals surface area contributed by atoms with Crippen molar-refractivity contribution >= 4 is 38.3 Å². The molecule has 21 heteroatoms. The second-order valence-electron chi connectivity index (χ2n) is 7.85. The summed E-state index contributed by atoms with van der Waals surface area (Å²) in [5, 5.41) is -0.520. The van der Waals surface area contributed by atoms with Gasteiger partial charge in [-0.25, -0.2) is 13.6 Å². The average molecular weight is 649 g/mol. The summed E-state index contributed by atoms with van der Waals surface area (Å²) in [6, 6.07) is 4.73. The number of amides is 1. The molecule has 0 radical (unpaired) electrons. The van der Waals surface area contributed by atoms with E-state index in [1.165, 1.54) is 19.1 Å². The normalized spacial score (nSPS) is 14.5. The Kier molecular flexibility index (Phi) is 8.65. The van der Waals surface area contributed by atoms with Crippen molar-refractivity contribution in [2.75, 3.05) is 11.9 Å². The van der Waals surface area contributed by atoms with Gasteiger partial charge in [-0.05, 0) is 13.0 Å². The highest BCUT2D eigenvalue weighted by Gasteiger charge is 2.94. The van der Waals surface area contributed by atoms with Crippen LogP contribution in [0, 0.1) is 0 Å². The quantitative estimate of drug-likeness (QED) is 0.200. The SMILES string of the molecule is CCOC(=O)c1c(NC(=O)C(F)(F)C(F)(F)C(F)(F)C(F)(F)C(F)(F)C(F)(F)C(F)(F)C(F)F)sc2ccccc12. The highest BCUT2D eigenvalue weighted by atomic mass is 32.1. The van der Waals surface area contributed by atoms with Crippen molar-refractivity contribution < 1.29 is 84.6 Å². The van der Waals surface area contributed by atoms with E-state index in [-0.39, 0.29) is 21.4 Å². The van der Waals surface area contributed by atoms with Crippen LogP contribution < -0.4 is 5.32 Å². The van der Waals surface area contributed by atoms with Gasteiger partial charge in [0.1, 0.15) is 10.6 Å². The van der Waals surface area contributed by atoms with Gasteiger partial charge in [0, 0.05) is 10.1 Å². The van der Waals surface area contributed by atoms with E-state index in [9.17, 15) is 79.8 Å². The summed E-state index contributed by atoms with van der Waals surface area (Å²) in [7, 11) is 0. The number of esters is 1. The Morgan fingerprint density at radius 1 is 0.780 bits per heavy atom. The Hall–Kier alpha value is -3.00. The molecule has 2 rings (SSSR count). The summed E-state index contributed by atoms with van der Waals surface area (Å²) < 4.78 is 221. The van der Waals surface area contributed by atoms with E-state index in [1.54, 1.807) is 0 Å². The van der Waals surface area contributed by atoms with Gasteiger partial charge >= 0.3 is 59.8 Å². The lowest BCUT2D eigenvalue weighted by Crippen LogP contribution is -2.74. The first-order valence-corrected chi connectivity index (χ1v) is 11.0. The van der Waals surface area contributed by atoms with Crippen molar-refractivity contribution in [1.29, 1.82) is 0 Å². The summed E-state index contributed by atoms with van der Waals surface area (Å²) in [6.45, 7) is 0.813. The van der Waals surface area contributed by atoms with Crippen LogP contribution in [0.4, 0.5) is 75.2 Å². The van der Waals surface area contributed by atoms with E-state index in [0.717, 1.165) is 17.4 Å². The molecule has 232 valence electrons. The van der Waals surface area contributed by atoms with E-state index < -0.39 is 76.9 Å². The van der Waals surface area contributed by atoms with Gasteiger partial charge in [0.2, 0.25) is 0 Å². The number of nitrogens with one attached hydrogen (secondary N) is 1. The fourth-order valence-electron chi connectivity index (χ4n) is 3.00. The predicted octanol–water partition coefficient (Wildman–Crippen LogP) is 7.73. The Balaban J connectivity index is 2.60. The molecule has 4 nitrogen and oxygen atoms in total. The number of halogens is 16. The largest absolute Gasteiger partial charge is 0.462 e. The van der Waals surface area contributed by atoms with Crippen LogP contribution in [0.1, 0.15) is 17.3 Å². The van der Waals surface area contributed by atoms with Gasteiger partial charge < -0.3 is 10.1 Å². The van der Waals surface area contributed by atoms with Crippen LogP contribution in [0.2, 0.25) is 0 Å². The summed E-state index contributed by atoms with van der Waals surface area (Å²) in [6.07, 6.45) is -5.96. The molecule has 0 aliphatic carbocycles. The molecule has 1 heterocycles. The van der Waals surface area contributed by atoms with Gasteiger partial charge in [-0.1, -0.05) is 18.2 Å². The maximum atomic E-state index is 14.3. The third-order valence-electron chi connectivity index (χ3n) is 5.25. The van der Waals surface area contributed by atoms with E-state index in [4.69, 9.17) is 0 Å². The van der Waals surface area contributed by atoms with Crippen molar-refractivity contribution in [1.82, 2.24) is 0 Å². The van der Waals surface area contributed by atoms with Gasteiger partial charge in [-0.3, -0.25) is 4.79 Å². The second kappa shape index (κ2) is 10.4. The third-order valence-corrected chi connectivity index (χ3v) is 6.34. The van der Waals surface area contributed by atoms with E-state index in [2.05, 4.69) is 4.74 Å². The molecule has 0 aliphatic rings. The van der Waals surface area contributed by atoms with Crippen LogP contribution in [0.5, 0.6) is 0 Å². The Labute approximate surface area is 220 Å². The average Bonchev–Trinajstić information content (AvgIpc) is 3.21. The van der Waals surface area contributed by atoms with Gasteiger partial charge in [0.25, 0.3) is 0 Å². The number of benzene rings is 1. The lowest BCUT2D eigenvalue weighted by atomic mass is 9.89. The molecule has 0 saturated heterocycles. The first-order chi connectivity index (χ1) is 18.3. The molecule has 1 aromatic carbocycles. The minimum Gasteiger partial charge on any atom is -0.462 e. The molecular weight excluding hydrogens is 638 g/mol. The zero-order chi connectivity index (χ0) is 32.2. The molecule has 41 heavy (non-hydrogen) atoms. The number of hydrogen-bond acceptors (Lipinski definition) is 4. The highest BCUT2D eigenvalue weighted by molar-refractivity contribution is 7.23. The standard InChI is InChI=1S/C20H11F16NO3S/c1-2-40-11(38)9-7-5-3-4-6-8(7)41-10(9)37-13(39)15(25,26)17(29,30)19(33,34)20(35,36)18(31,32)16(27,28)14(23,24)12(21)22/h3-6,12H,2H2,1H3,(H,37,39). The molecule has 0 spiro atoms. The molecule has 1 N–H and O–H groups in total. The second-order valence-corrected chi connectivity index (χ2v) is 8.90. The number of carbonyl (C=O) groups excluding carboxylic acids is 2. The van der Waals surface area contributed by atoms with Crippen molar-refractivity contribution in [2.24, 2.45) is 0 Å². The molecule has 0 saturated carbocycles. The van der Waals surface area contributed by atoms with Crippen LogP contribution in [0.25, 0.3) is 10.1 Å². The molecule has 1 amide bonds. The van der Waals surface area contributed by atoms with Gasteiger partial charge in [0.05, 0.1) is 6.61 Å². The third kappa shape index (κ3) is 4.82. The Morgan fingerprint density at radius 3 is 1.73 bits per heavy atom. The zero-order valence-electron chi connectivity index (χ0n) is 19.3. The van der Waals surface area contributed by atoms with Crippen molar-refractivity contribution in [3.8, 4) is 0 Å². The van der Waals surface area contributed by atoms with Crippen molar-refractivity contribution in [3.63, 3.8) is 0 Å². The number of anilines is 1. The zero-order valence-corrected chi connectivity index (χ0v) is 20.1. The Bertz CT molecular complexity index is 1310. The first kappa shape index (κ1) is 34.2. The number of rotatable bonds is 11. The molecule has 0 fully saturated rings. The monoisotopic (exact) mass is 649 g/mol. The van der Waals surface area contributed by atoms with Gasteiger partial charge in [-0.2, -0.15) is 61.5 Å². The fraction of sp³-hybridized carbons (Fsp3) is 0.500. The van der Waals surface area contributed by atoms with Crippen LogP contribution in [-0.2, 0) is 9.53 Å². The number of thiophene rings is 1. The summed E-state index contributed by atoms with van der Waals surface area (Å²) >= 11 is 0.139. The molecular formula is C20H11F16NO3S. The summed E-state index contributed by atoms with van der Waals surface area (Å²) in [5.74, 6) is -62.0. The minimum absolute atomic E-state index is 0.0698. The van der Waals surface area contributed by atoms with Gasteiger partial charge in [0.15, 0.2) is 0 Å². The smallest absolute Gasteiger partial charge is 0.393 e. The van der Waals surface area contributed by atoms with Crippen LogP contribution in [0.3, 0.4) is 0 Å². The number of hydrogen-bond donors (Lipinski definition) is 1. The van der Waals surface area contributed by atoms with Gasteiger partial charge in [-0.15, -0.1) is 11.3 Å². The van der Waals surface area contributed by atoms with E-state index in [0.29, 0.717) is 0 Å². The molecule has 1 aromatic heterocycles. The van der Waals surface area contributed by atoms with Crippen LogP contribution in [0.15, 0.2) is 24.3 Å². The number of fused-ring (bicyclic) bond motifs is 1. The molecule has 0 bridgehead atoms. The molecule has 0 aliphatic heterocycles. The molecule has 2 aromatic rings. The minimum atomic E-state index is -8.64. The maximum Gasteiger partial charge on any atom is 0.393 e. The number of ether oxygens (including phenoxy) is 1. The maximum absolute atomic E-state index is 14.3. The lowest BCUT2D eigenvalue weighted by Gasteiger charge is -2.42. The lowest BCUT2D eigenvalue weighted by molar-refractivity contribution is -0.443. The molecule has 0 unspecified atom stereocenters. The predicted molar refractivity (Wildman–Crippen MR) is 107 cm³/mol.